The Bertz CT molecular complexity index is 1000. The molecule has 0 aromatic heterocycles. The lowest BCUT2D eigenvalue weighted by atomic mass is 9.93. The number of hydrogen-bond donors (Lipinski definition) is 3. The highest BCUT2D eigenvalue weighted by atomic mass is 32.2. The molecule has 0 spiro atoms. The Kier molecular flexibility index (Phi) is 8.84. The number of likely N-dealkylation sites (tertiary alicyclic amines) is 1. The molecule has 0 saturated carbocycles. The van der Waals surface area contributed by atoms with Crippen LogP contribution in [0.5, 0.6) is 0 Å². The van der Waals surface area contributed by atoms with Crippen LogP contribution in [0.25, 0.3) is 0 Å². The molecule has 0 bridgehead atoms. The first-order chi connectivity index (χ1) is 16.3. The molecule has 5 atom stereocenters. The number of thioether (sulfide) groups is 1. The van der Waals surface area contributed by atoms with Gasteiger partial charge in [-0.1, -0.05) is 48.5 Å². The van der Waals surface area contributed by atoms with Crippen LogP contribution in [0, 0.1) is 0 Å². The van der Waals surface area contributed by atoms with Gasteiger partial charge in [-0.05, 0) is 37.5 Å². The number of carboxylic acids is 2. The van der Waals surface area contributed by atoms with Gasteiger partial charge in [-0.3, -0.25) is 14.9 Å². The Morgan fingerprint density at radius 2 is 1.71 bits per heavy atom. The fraction of sp³-hybridized carbons (Fsp3) is 0.360. The molecule has 8 nitrogen and oxygen atoms in total. The molecule has 1 aliphatic heterocycles. The van der Waals surface area contributed by atoms with Gasteiger partial charge in [-0.15, -0.1) is 11.8 Å². The predicted octanol–water partition coefficient (Wildman–Crippen LogP) is 2.64. The molecule has 3 N–H and O–H groups in total. The molecular formula is C25H28N2O6S. The average molecular weight is 485 g/mol. The summed E-state index contributed by atoms with van der Waals surface area (Å²) in [4.78, 5) is 50.8. The van der Waals surface area contributed by atoms with E-state index in [1.165, 1.54) is 23.6 Å². The van der Waals surface area contributed by atoms with Gasteiger partial charge in [0.2, 0.25) is 5.91 Å². The van der Waals surface area contributed by atoms with Crippen molar-refractivity contribution in [2.24, 2.45) is 0 Å². The summed E-state index contributed by atoms with van der Waals surface area (Å²) in [7, 11) is 0. The number of benzene rings is 2. The van der Waals surface area contributed by atoms with E-state index >= 15 is 0 Å². The van der Waals surface area contributed by atoms with Crippen LogP contribution in [-0.2, 0) is 19.2 Å². The molecule has 1 amide bonds. The first kappa shape index (κ1) is 25.5. The summed E-state index contributed by atoms with van der Waals surface area (Å²) in [5.41, 5.74) is 0.691. The minimum atomic E-state index is -1.18. The summed E-state index contributed by atoms with van der Waals surface area (Å²) < 4.78 is 0. The number of aldehydes is 1. The van der Waals surface area contributed by atoms with Gasteiger partial charge in [-0.2, -0.15) is 0 Å². The molecule has 1 fully saturated rings. The van der Waals surface area contributed by atoms with Crippen LogP contribution in [0.15, 0.2) is 65.6 Å². The number of amides is 1. The SMILES string of the molecule is C[C@H](NC(CC(C=O)c1ccccc1)C(=O)O)C(=O)N1C[C@@H](Sc2ccccc2)C[C@H]1C(=O)O. The van der Waals surface area contributed by atoms with E-state index in [1.807, 2.05) is 30.3 Å². The van der Waals surface area contributed by atoms with E-state index in [0.717, 1.165) is 4.90 Å². The first-order valence-corrected chi connectivity index (χ1v) is 11.9. The lowest BCUT2D eigenvalue weighted by Gasteiger charge is -2.28. The second-order valence-corrected chi connectivity index (χ2v) is 9.68. The average Bonchev–Trinajstić information content (AvgIpc) is 3.26. The molecular weight excluding hydrogens is 456 g/mol. The minimum absolute atomic E-state index is 0.0324. The van der Waals surface area contributed by atoms with Crippen LogP contribution in [-0.4, -0.2) is 69.2 Å². The van der Waals surface area contributed by atoms with Crippen LogP contribution in [0.4, 0.5) is 0 Å². The molecule has 1 aliphatic rings. The molecule has 1 saturated heterocycles. The van der Waals surface area contributed by atoms with Crippen molar-refractivity contribution < 1.29 is 29.4 Å². The second kappa shape index (κ2) is 11.8. The third-order valence-corrected chi connectivity index (χ3v) is 7.10. The van der Waals surface area contributed by atoms with Crippen LogP contribution in [0.1, 0.15) is 31.2 Å². The Morgan fingerprint density at radius 1 is 1.09 bits per heavy atom. The maximum Gasteiger partial charge on any atom is 0.326 e. The molecule has 0 radical (unpaired) electrons. The van der Waals surface area contributed by atoms with Gasteiger partial charge in [0.1, 0.15) is 18.4 Å². The largest absolute Gasteiger partial charge is 0.480 e. The Labute approximate surface area is 202 Å². The predicted molar refractivity (Wildman–Crippen MR) is 128 cm³/mol. The number of aliphatic carboxylic acids is 2. The van der Waals surface area contributed by atoms with E-state index in [1.54, 1.807) is 30.3 Å². The molecule has 2 aromatic rings. The highest BCUT2D eigenvalue weighted by Crippen LogP contribution is 2.33. The standard InChI is InChI=1S/C25H28N2O6S/c1-16(26-21(24(30)31)12-18(15-28)17-8-4-2-5-9-17)23(29)27-14-20(13-22(27)25(32)33)34-19-10-6-3-7-11-19/h2-11,15-16,18,20-22,26H,12-14H2,1H3,(H,30,31)(H,32,33)/t16-,18?,20-,21?,22-/m0/s1. The third kappa shape index (κ3) is 6.45. The summed E-state index contributed by atoms with van der Waals surface area (Å²) in [6, 6.07) is 15.3. The maximum absolute atomic E-state index is 13.2. The van der Waals surface area contributed by atoms with Gasteiger partial charge in [0.25, 0.3) is 0 Å². The molecule has 1 heterocycles. The summed E-state index contributed by atoms with van der Waals surface area (Å²) in [5.74, 6) is -3.40. The monoisotopic (exact) mass is 484 g/mol. The summed E-state index contributed by atoms with van der Waals surface area (Å²) in [6.45, 7) is 1.77. The van der Waals surface area contributed by atoms with E-state index in [4.69, 9.17) is 0 Å². The highest BCUT2D eigenvalue weighted by Gasteiger charge is 2.42. The Balaban J connectivity index is 1.68. The second-order valence-electron chi connectivity index (χ2n) is 8.30. The van der Waals surface area contributed by atoms with Crippen LogP contribution < -0.4 is 5.32 Å². The van der Waals surface area contributed by atoms with E-state index in [9.17, 15) is 29.4 Å². The van der Waals surface area contributed by atoms with E-state index in [-0.39, 0.29) is 18.2 Å². The van der Waals surface area contributed by atoms with Crippen LogP contribution >= 0.6 is 11.8 Å². The molecule has 34 heavy (non-hydrogen) atoms. The third-order valence-electron chi connectivity index (χ3n) is 5.88. The van der Waals surface area contributed by atoms with Crippen molar-refractivity contribution in [3.63, 3.8) is 0 Å². The van der Waals surface area contributed by atoms with E-state index in [0.29, 0.717) is 18.3 Å². The normalized spacial score (nSPS) is 20.3. The van der Waals surface area contributed by atoms with Gasteiger partial charge >= 0.3 is 11.9 Å². The van der Waals surface area contributed by atoms with Gasteiger partial charge < -0.3 is 19.9 Å². The lowest BCUT2D eigenvalue weighted by Crippen LogP contribution is -2.53. The van der Waals surface area contributed by atoms with E-state index < -0.39 is 41.9 Å². The number of carboxylic acid groups (broad SMARTS) is 2. The fourth-order valence-electron chi connectivity index (χ4n) is 4.14. The molecule has 9 heteroatoms. The van der Waals surface area contributed by atoms with Crippen LogP contribution in [0.2, 0.25) is 0 Å². The van der Waals surface area contributed by atoms with Crippen molar-refractivity contribution in [3.05, 3.63) is 66.2 Å². The van der Waals surface area contributed by atoms with Crippen molar-refractivity contribution in [1.29, 1.82) is 0 Å². The van der Waals surface area contributed by atoms with Crippen molar-refractivity contribution in [1.82, 2.24) is 10.2 Å². The van der Waals surface area contributed by atoms with E-state index in [2.05, 4.69) is 5.32 Å². The van der Waals surface area contributed by atoms with Gasteiger partial charge in [0.05, 0.1) is 6.04 Å². The Morgan fingerprint density at radius 3 is 2.26 bits per heavy atom. The maximum atomic E-state index is 13.2. The number of nitrogens with one attached hydrogen (secondary N) is 1. The van der Waals surface area contributed by atoms with Crippen LogP contribution in [0.3, 0.4) is 0 Å². The highest BCUT2D eigenvalue weighted by molar-refractivity contribution is 8.00. The number of carbonyl (C=O) groups is 4. The fourth-order valence-corrected chi connectivity index (χ4v) is 5.35. The molecule has 0 aliphatic carbocycles. The molecule has 3 rings (SSSR count). The van der Waals surface area contributed by atoms with Gasteiger partial charge in [0.15, 0.2) is 0 Å². The zero-order valence-electron chi connectivity index (χ0n) is 18.7. The van der Waals surface area contributed by atoms with Gasteiger partial charge in [0, 0.05) is 22.6 Å². The molecule has 2 unspecified atom stereocenters. The summed E-state index contributed by atoms with van der Waals surface area (Å²) in [6.07, 6.45) is 0.970. The zero-order chi connectivity index (χ0) is 24.7. The zero-order valence-corrected chi connectivity index (χ0v) is 19.6. The minimum Gasteiger partial charge on any atom is -0.480 e. The van der Waals surface area contributed by atoms with Gasteiger partial charge in [-0.25, -0.2) is 4.79 Å². The van der Waals surface area contributed by atoms with Crippen molar-refractivity contribution in [2.75, 3.05) is 6.54 Å². The first-order valence-electron chi connectivity index (χ1n) is 11.0. The van der Waals surface area contributed by atoms with Crippen molar-refractivity contribution in [2.45, 2.75) is 54.0 Å². The summed E-state index contributed by atoms with van der Waals surface area (Å²) >= 11 is 1.52. The number of carbonyl (C=O) groups excluding carboxylic acids is 2. The Hall–Kier alpha value is -3.17. The number of nitrogens with zero attached hydrogens (tertiary/aromatic N) is 1. The van der Waals surface area contributed by atoms with Crippen molar-refractivity contribution in [3.8, 4) is 0 Å². The number of hydrogen-bond acceptors (Lipinski definition) is 6. The lowest BCUT2D eigenvalue weighted by molar-refractivity contribution is -0.149. The molecule has 180 valence electrons. The topological polar surface area (TPSA) is 124 Å². The van der Waals surface area contributed by atoms with Crippen molar-refractivity contribution >= 4 is 35.9 Å². The molecule has 2 aromatic carbocycles. The number of rotatable bonds is 11. The summed E-state index contributed by atoms with van der Waals surface area (Å²) in [5, 5.41) is 22.1. The quantitative estimate of drug-likeness (QED) is 0.416. The smallest absolute Gasteiger partial charge is 0.326 e.